The van der Waals surface area contributed by atoms with Crippen molar-refractivity contribution in [2.24, 2.45) is 0 Å². The zero-order chi connectivity index (χ0) is 14.8. The van der Waals surface area contributed by atoms with Crippen LogP contribution in [0.1, 0.15) is 53.4 Å². The molecule has 0 N–H and O–H groups in total. The summed E-state index contributed by atoms with van der Waals surface area (Å²) in [6, 6.07) is 8.93. The van der Waals surface area contributed by atoms with Crippen molar-refractivity contribution in [3.8, 4) is 0 Å². The highest BCUT2D eigenvalue weighted by Gasteiger charge is 2.14. The Bertz CT molecular complexity index is 315. The van der Waals surface area contributed by atoms with Gasteiger partial charge in [0.1, 0.15) is 0 Å². The zero-order valence-corrected chi connectivity index (χ0v) is 13.9. The van der Waals surface area contributed by atoms with E-state index in [1.54, 1.807) is 0 Å². The van der Waals surface area contributed by atoms with E-state index in [0.29, 0.717) is 0 Å². The van der Waals surface area contributed by atoms with Crippen molar-refractivity contribution >= 4 is 11.4 Å². The Morgan fingerprint density at radius 2 is 0.900 bits per heavy atom. The molecule has 0 aliphatic rings. The van der Waals surface area contributed by atoms with Gasteiger partial charge < -0.3 is 9.80 Å². The van der Waals surface area contributed by atoms with E-state index >= 15 is 0 Å². The quantitative estimate of drug-likeness (QED) is 0.597. The predicted octanol–water partition coefficient (Wildman–Crippen LogP) is 4.94. The van der Waals surface area contributed by atoms with Gasteiger partial charge >= 0.3 is 0 Å². The van der Waals surface area contributed by atoms with E-state index in [4.69, 9.17) is 0 Å². The maximum absolute atomic E-state index is 2.55. The van der Waals surface area contributed by atoms with E-state index in [1.807, 2.05) is 0 Å². The molecule has 0 unspecified atom stereocenters. The second-order valence-electron chi connectivity index (χ2n) is 5.46. The predicted molar refractivity (Wildman–Crippen MR) is 92.0 cm³/mol. The Balaban J connectivity index is 3.04. The van der Waals surface area contributed by atoms with Crippen molar-refractivity contribution in [1.82, 2.24) is 0 Å². The van der Waals surface area contributed by atoms with Crippen LogP contribution >= 0.6 is 0 Å². The molecular weight excluding hydrogens is 244 g/mol. The molecule has 1 aromatic carbocycles. The lowest BCUT2D eigenvalue weighted by Crippen LogP contribution is -2.30. The molecule has 0 aliphatic heterocycles. The van der Waals surface area contributed by atoms with Crippen molar-refractivity contribution < 1.29 is 0 Å². The Morgan fingerprint density at radius 3 is 1.15 bits per heavy atom. The standard InChI is InChI=1S/C18H32N2/c1-5-13-19(14-6-2)17-11-9-10-12-18(17)20(15-7-3)16-8-4/h9-12H,5-8,13-16H2,1-4H3. The highest BCUT2D eigenvalue weighted by Crippen LogP contribution is 2.30. The summed E-state index contributed by atoms with van der Waals surface area (Å²) in [5.74, 6) is 0. The molecule has 0 atom stereocenters. The summed E-state index contributed by atoms with van der Waals surface area (Å²) in [7, 11) is 0. The van der Waals surface area contributed by atoms with Crippen molar-refractivity contribution in [2.45, 2.75) is 53.4 Å². The lowest BCUT2D eigenvalue weighted by atomic mass is 10.2. The van der Waals surface area contributed by atoms with Gasteiger partial charge in [-0.1, -0.05) is 39.8 Å². The molecular formula is C18H32N2. The number of rotatable bonds is 10. The summed E-state index contributed by atoms with van der Waals surface area (Å²) in [6.45, 7) is 13.7. The van der Waals surface area contributed by atoms with Crippen LogP contribution in [0.3, 0.4) is 0 Å². The molecule has 0 saturated heterocycles. The third-order valence-corrected chi connectivity index (χ3v) is 3.54. The minimum Gasteiger partial charge on any atom is -0.370 e. The first-order valence-electron chi connectivity index (χ1n) is 8.37. The second kappa shape index (κ2) is 9.68. The van der Waals surface area contributed by atoms with Crippen LogP contribution in [-0.2, 0) is 0 Å². The van der Waals surface area contributed by atoms with Gasteiger partial charge in [0.25, 0.3) is 0 Å². The SMILES string of the molecule is CCCN(CCC)c1ccccc1N(CCC)CCC. The fraction of sp³-hybridized carbons (Fsp3) is 0.667. The third kappa shape index (κ3) is 4.73. The molecule has 0 radical (unpaired) electrons. The zero-order valence-electron chi connectivity index (χ0n) is 13.9. The van der Waals surface area contributed by atoms with Crippen LogP contribution in [0.15, 0.2) is 24.3 Å². The maximum atomic E-state index is 2.55. The topological polar surface area (TPSA) is 6.48 Å². The van der Waals surface area contributed by atoms with Gasteiger partial charge in [-0.15, -0.1) is 0 Å². The first kappa shape index (κ1) is 16.9. The number of hydrogen-bond donors (Lipinski definition) is 0. The van der Waals surface area contributed by atoms with Crippen molar-refractivity contribution in [3.05, 3.63) is 24.3 Å². The summed E-state index contributed by atoms with van der Waals surface area (Å²) in [5, 5.41) is 0. The number of nitrogens with zero attached hydrogens (tertiary/aromatic N) is 2. The van der Waals surface area contributed by atoms with E-state index in [2.05, 4.69) is 61.8 Å². The molecule has 2 nitrogen and oxygen atoms in total. The molecule has 2 heteroatoms. The molecule has 20 heavy (non-hydrogen) atoms. The van der Waals surface area contributed by atoms with E-state index in [0.717, 1.165) is 26.2 Å². The van der Waals surface area contributed by atoms with Crippen molar-refractivity contribution in [1.29, 1.82) is 0 Å². The van der Waals surface area contributed by atoms with Gasteiger partial charge in [0, 0.05) is 26.2 Å². The summed E-state index contributed by atoms with van der Waals surface area (Å²) in [6.07, 6.45) is 4.82. The largest absolute Gasteiger partial charge is 0.370 e. The number of anilines is 2. The van der Waals surface area contributed by atoms with Crippen LogP contribution in [0.4, 0.5) is 11.4 Å². The third-order valence-electron chi connectivity index (χ3n) is 3.54. The fourth-order valence-electron chi connectivity index (χ4n) is 2.78. The molecule has 114 valence electrons. The Labute approximate surface area is 125 Å². The highest BCUT2D eigenvalue weighted by atomic mass is 15.2. The second-order valence-corrected chi connectivity index (χ2v) is 5.46. The van der Waals surface area contributed by atoms with E-state index in [1.165, 1.54) is 37.1 Å². The highest BCUT2D eigenvalue weighted by molar-refractivity contribution is 5.71. The maximum Gasteiger partial charge on any atom is 0.0604 e. The molecule has 0 aromatic heterocycles. The first-order chi connectivity index (χ1) is 9.78. The molecule has 0 spiro atoms. The number of hydrogen-bond acceptors (Lipinski definition) is 2. The van der Waals surface area contributed by atoms with Crippen molar-refractivity contribution in [3.63, 3.8) is 0 Å². The Kier molecular flexibility index (Phi) is 8.17. The molecule has 0 saturated carbocycles. The van der Waals surface area contributed by atoms with Gasteiger partial charge in [-0.05, 0) is 37.8 Å². The molecule has 0 aliphatic carbocycles. The van der Waals surface area contributed by atoms with Crippen molar-refractivity contribution in [2.75, 3.05) is 36.0 Å². The fourth-order valence-corrected chi connectivity index (χ4v) is 2.78. The van der Waals surface area contributed by atoms with Gasteiger partial charge in [-0.3, -0.25) is 0 Å². The molecule has 1 rings (SSSR count). The summed E-state index contributed by atoms with van der Waals surface area (Å²) in [5.41, 5.74) is 2.83. The van der Waals surface area contributed by atoms with Gasteiger partial charge in [-0.25, -0.2) is 0 Å². The lowest BCUT2D eigenvalue weighted by molar-refractivity contribution is 0.722. The van der Waals surface area contributed by atoms with Crippen LogP contribution in [0.25, 0.3) is 0 Å². The first-order valence-corrected chi connectivity index (χ1v) is 8.37. The molecule has 0 bridgehead atoms. The normalized spacial score (nSPS) is 10.6. The lowest BCUT2D eigenvalue weighted by Gasteiger charge is -2.32. The molecule has 0 heterocycles. The minimum atomic E-state index is 1.15. The van der Waals surface area contributed by atoms with Crippen LogP contribution in [0.5, 0.6) is 0 Å². The monoisotopic (exact) mass is 276 g/mol. The van der Waals surface area contributed by atoms with Gasteiger partial charge in [0.2, 0.25) is 0 Å². The smallest absolute Gasteiger partial charge is 0.0604 e. The Morgan fingerprint density at radius 1 is 0.600 bits per heavy atom. The number of benzene rings is 1. The van der Waals surface area contributed by atoms with Gasteiger partial charge in [0.05, 0.1) is 11.4 Å². The van der Waals surface area contributed by atoms with E-state index in [9.17, 15) is 0 Å². The molecule has 0 fully saturated rings. The van der Waals surface area contributed by atoms with Gasteiger partial charge in [-0.2, -0.15) is 0 Å². The Hall–Kier alpha value is -1.18. The van der Waals surface area contributed by atoms with Gasteiger partial charge in [0.15, 0.2) is 0 Å². The van der Waals surface area contributed by atoms with Crippen LogP contribution in [0, 0.1) is 0 Å². The van der Waals surface area contributed by atoms with Crippen LogP contribution < -0.4 is 9.80 Å². The average molecular weight is 276 g/mol. The average Bonchev–Trinajstić information content (AvgIpc) is 2.47. The van der Waals surface area contributed by atoms with E-state index < -0.39 is 0 Å². The summed E-state index contributed by atoms with van der Waals surface area (Å²) in [4.78, 5) is 5.10. The van der Waals surface area contributed by atoms with Crippen LogP contribution in [-0.4, -0.2) is 26.2 Å². The molecule has 1 aromatic rings. The van der Waals surface area contributed by atoms with E-state index in [-0.39, 0.29) is 0 Å². The summed E-state index contributed by atoms with van der Waals surface area (Å²) >= 11 is 0. The molecule has 0 amide bonds. The summed E-state index contributed by atoms with van der Waals surface area (Å²) < 4.78 is 0. The van der Waals surface area contributed by atoms with Crippen LogP contribution in [0.2, 0.25) is 0 Å². The number of para-hydroxylation sites is 2. The minimum absolute atomic E-state index is 1.15.